The van der Waals surface area contributed by atoms with Gasteiger partial charge in [-0.2, -0.15) is 0 Å². The maximum absolute atomic E-state index is 12.9. The van der Waals surface area contributed by atoms with Crippen molar-refractivity contribution in [1.29, 1.82) is 0 Å². The molecular formula is C25H28N2O5. The van der Waals surface area contributed by atoms with Crippen LogP contribution in [0.25, 0.3) is 11.3 Å². The van der Waals surface area contributed by atoms with Crippen molar-refractivity contribution in [2.24, 2.45) is 0 Å². The van der Waals surface area contributed by atoms with Gasteiger partial charge < -0.3 is 29.6 Å². The Morgan fingerprint density at radius 3 is 2.47 bits per heavy atom. The zero-order chi connectivity index (χ0) is 23.0. The fourth-order valence-electron chi connectivity index (χ4n) is 3.89. The highest BCUT2D eigenvalue weighted by Crippen LogP contribution is 2.39. The van der Waals surface area contributed by atoms with E-state index in [2.05, 4.69) is 5.32 Å². The van der Waals surface area contributed by atoms with Gasteiger partial charge >= 0.3 is 0 Å². The van der Waals surface area contributed by atoms with Crippen molar-refractivity contribution in [3.05, 3.63) is 59.3 Å². The van der Waals surface area contributed by atoms with Gasteiger partial charge in [0.15, 0.2) is 11.5 Å². The highest BCUT2D eigenvalue weighted by Gasteiger charge is 2.22. The van der Waals surface area contributed by atoms with Gasteiger partial charge in [-0.05, 0) is 61.2 Å². The number of ether oxygens (including phenoxy) is 2. The summed E-state index contributed by atoms with van der Waals surface area (Å²) in [5.41, 5.74) is 3.35. The molecule has 0 radical (unpaired) electrons. The van der Waals surface area contributed by atoms with E-state index in [1.165, 1.54) is 6.07 Å². The summed E-state index contributed by atoms with van der Waals surface area (Å²) in [6.45, 7) is 8.34. The van der Waals surface area contributed by atoms with Crippen LogP contribution >= 0.6 is 0 Å². The van der Waals surface area contributed by atoms with Crippen LogP contribution in [0.4, 0.5) is 0 Å². The largest absolute Gasteiger partial charge is 0.508 e. The van der Waals surface area contributed by atoms with E-state index in [1.54, 1.807) is 12.1 Å². The number of rotatable bonds is 6. The Bertz CT molecular complexity index is 1160. The molecule has 0 aliphatic carbocycles. The quantitative estimate of drug-likeness (QED) is 0.525. The van der Waals surface area contributed by atoms with Crippen molar-refractivity contribution in [1.82, 2.24) is 9.88 Å². The molecule has 1 aromatic heterocycles. The van der Waals surface area contributed by atoms with Crippen LogP contribution in [0.1, 0.15) is 55.2 Å². The topological polar surface area (TPSA) is 93.0 Å². The third kappa shape index (κ3) is 4.10. The monoisotopic (exact) mass is 436 g/mol. The van der Waals surface area contributed by atoms with Gasteiger partial charge in [0, 0.05) is 24.2 Å². The molecule has 0 saturated heterocycles. The van der Waals surface area contributed by atoms with Gasteiger partial charge in [0.1, 0.15) is 17.2 Å². The third-order valence-electron chi connectivity index (χ3n) is 5.45. The van der Waals surface area contributed by atoms with Gasteiger partial charge in [-0.15, -0.1) is 0 Å². The van der Waals surface area contributed by atoms with Crippen LogP contribution in [0.3, 0.4) is 0 Å². The van der Waals surface area contributed by atoms with Gasteiger partial charge in [0.05, 0.1) is 5.69 Å². The number of carbonyl (C=O) groups is 1. The van der Waals surface area contributed by atoms with Crippen molar-refractivity contribution in [3.63, 3.8) is 0 Å². The standard InChI is InChI=1S/C25H28N2O5/c1-14(2)17-10-18(22(29)11-21(17)28)19-6-7-20(25(30)26-15(3)4)27(19)12-16-5-8-23-24(9-16)32-13-31-23/h5-11,14-15,28-29H,12-13H2,1-4H3,(H,26,30). The SMILES string of the molecule is CC(C)NC(=O)c1ccc(-c2cc(C(C)C)c(O)cc2O)n1Cc1ccc2c(c1)OCO2. The molecule has 2 aromatic carbocycles. The van der Waals surface area contributed by atoms with Crippen LogP contribution in [-0.2, 0) is 6.54 Å². The van der Waals surface area contributed by atoms with Crippen molar-refractivity contribution in [2.75, 3.05) is 6.79 Å². The fourth-order valence-corrected chi connectivity index (χ4v) is 3.89. The Morgan fingerprint density at radius 1 is 1.00 bits per heavy atom. The zero-order valence-corrected chi connectivity index (χ0v) is 18.7. The van der Waals surface area contributed by atoms with Crippen molar-refractivity contribution < 1.29 is 24.5 Å². The minimum Gasteiger partial charge on any atom is -0.508 e. The molecule has 7 nitrogen and oxygen atoms in total. The summed E-state index contributed by atoms with van der Waals surface area (Å²) in [6.07, 6.45) is 0. The Labute approximate surface area is 187 Å². The van der Waals surface area contributed by atoms with Gasteiger partial charge in [0.25, 0.3) is 5.91 Å². The highest BCUT2D eigenvalue weighted by atomic mass is 16.7. The molecule has 1 aliphatic rings. The van der Waals surface area contributed by atoms with Gasteiger partial charge in [-0.25, -0.2) is 0 Å². The number of hydrogen-bond donors (Lipinski definition) is 3. The molecule has 1 amide bonds. The maximum atomic E-state index is 12.9. The first-order valence-electron chi connectivity index (χ1n) is 10.7. The number of phenolic OH excluding ortho intramolecular Hbond substituents is 2. The summed E-state index contributed by atoms with van der Waals surface area (Å²) in [6, 6.07) is 12.4. The smallest absolute Gasteiger partial charge is 0.268 e. The molecule has 1 aliphatic heterocycles. The Morgan fingerprint density at radius 2 is 1.75 bits per heavy atom. The number of phenols is 2. The summed E-state index contributed by atoms with van der Waals surface area (Å²) in [4.78, 5) is 12.9. The number of nitrogens with one attached hydrogen (secondary N) is 1. The summed E-state index contributed by atoms with van der Waals surface area (Å²) in [5, 5.41) is 23.9. The molecular weight excluding hydrogens is 408 g/mol. The predicted molar refractivity (Wildman–Crippen MR) is 122 cm³/mol. The highest BCUT2D eigenvalue weighted by molar-refractivity contribution is 5.94. The summed E-state index contributed by atoms with van der Waals surface area (Å²) < 4.78 is 12.8. The minimum atomic E-state index is -0.200. The number of nitrogens with zero attached hydrogens (tertiary/aromatic N) is 1. The lowest BCUT2D eigenvalue weighted by molar-refractivity contribution is 0.0934. The summed E-state index contributed by atoms with van der Waals surface area (Å²) in [7, 11) is 0. The summed E-state index contributed by atoms with van der Waals surface area (Å²) in [5.74, 6) is 1.22. The Kier molecular flexibility index (Phi) is 5.74. The molecule has 168 valence electrons. The van der Waals surface area contributed by atoms with Crippen LogP contribution in [0.15, 0.2) is 42.5 Å². The van der Waals surface area contributed by atoms with Crippen LogP contribution in [0, 0.1) is 0 Å². The fraction of sp³-hybridized carbons (Fsp3) is 0.320. The average Bonchev–Trinajstić information content (AvgIpc) is 3.34. The van der Waals surface area contributed by atoms with Crippen molar-refractivity contribution in [3.8, 4) is 34.3 Å². The van der Waals surface area contributed by atoms with E-state index in [9.17, 15) is 15.0 Å². The van der Waals surface area contributed by atoms with Crippen LogP contribution in [-0.4, -0.2) is 33.5 Å². The van der Waals surface area contributed by atoms with Gasteiger partial charge in [-0.3, -0.25) is 4.79 Å². The normalized spacial score (nSPS) is 12.6. The second kappa shape index (κ2) is 8.49. The average molecular weight is 437 g/mol. The lowest BCUT2D eigenvalue weighted by Crippen LogP contribution is -2.32. The molecule has 0 fully saturated rings. The van der Waals surface area contributed by atoms with E-state index in [-0.39, 0.29) is 36.2 Å². The first-order valence-corrected chi connectivity index (χ1v) is 10.7. The predicted octanol–water partition coefficient (Wildman–Crippen LogP) is 4.60. The molecule has 4 rings (SSSR count). The molecule has 3 N–H and O–H groups in total. The van der Waals surface area contributed by atoms with Crippen molar-refractivity contribution >= 4 is 5.91 Å². The number of benzene rings is 2. The lowest BCUT2D eigenvalue weighted by atomic mass is 9.97. The first kappa shape index (κ1) is 21.6. The number of aromatic hydroxyl groups is 2. The molecule has 0 spiro atoms. The number of aromatic nitrogens is 1. The minimum absolute atomic E-state index is 0.0190. The molecule has 32 heavy (non-hydrogen) atoms. The zero-order valence-electron chi connectivity index (χ0n) is 18.7. The second-order valence-corrected chi connectivity index (χ2v) is 8.59. The number of carbonyl (C=O) groups excluding carboxylic acids is 1. The van der Waals surface area contributed by atoms with Gasteiger partial charge in [-0.1, -0.05) is 19.9 Å². The number of amides is 1. The van der Waals surface area contributed by atoms with E-state index >= 15 is 0 Å². The van der Waals surface area contributed by atoms with Crippen LogP contribution < -0.4 is 14.8 Å². The molecule has 2 heterocycles. The van der Waals surface area contributed by atoms with E-state index in [4.69, 9.17) is 9.47 Å². The number of fused-ring (bicyclic) bond motifs is 1. The van der Waals surface area contributed by atoms with E-state index in [0.29, 0.717) is 35.0 Å². The van der Waals surface area contributed by atoms with E-state index in [1.807, 2.05) is 56.5 Å². The van der Waals surface area contributed by atoms with Crippen molar-refractivity contribution in [2.45, 2.75) is 46.2 Å². The molecule has 0 bridgehead atoms. The van der Waals surface area contributed by atoms with Crippen LogP contribution in [0.2, 0.25) is 0 Å². The molecule has 0 unspecified atom stereocenters. The third-order valence-corrected chi connectivity index (χ3v) is 5.45. The molecule has 0 saturated carbocycles. The molecule has 0 atom stereocenters. The lowest BCUT2D eigenvalue weighted by Gasteiger charge is -2.18. The van der Waals surface area contributed by atoms with E-state index < -0.39 is 0 Å². The maximum Gasteiger partial charge on any atom is 0.268 e. The second-order valence-electron chi connectivity index (χ2n) is 8.59. The summed E-state index contributed by atoms with van der Waals surface area (Å²) >= 11 is 0. The van der Waals surface area contributed by atoms with E-state index in [0.717, 1.165) is 11.1 Å². The van der Waals surface area contributed by atoms with Crippen LogP contribution in [0.5, 0.6) is 23.0 Å². The molecule has 7 heteroatoms. The van der Waals surface area contributed by atoms with Gasteiger partial charge in [0.2, 0.25) is 6.79 Å². The Balaban J connectivity index is 1.82. The first-order chi connectivity index (χ1) is 15.2. The Hall–Kier alpha value is -3.61. The number of hydrogen-bond acceptors (Lipinski definition) is 5. The molecule has 3 aromatic rings.